The largest absolute Gasteiger partial charge is 0.489 e. The van der Waals surface area contributed by atoms with E-state index in [0.29, 0.717) is 35.1 Å². The third-order valence-electron chi connectivity index (χ3n) is 5.26. The number of para-hydroxylation sites is 1. The van der Waals surface area contributed by atoms with Crippen LogP contribution in [0.2, 0.25) is 0 Å². The van der Waals surface area contributed by atoms with Gasteiger partial charge in [0.25, 0.3) is 0 Å². The van der Waals surface area contributed by atoms with E-state index in [4.69, 9.17) is 14.2 Å². The van der Waals surface area contributed by atoms with Gasteiger partial charge in [-0.1, -0.05) is 18.2 Å². The number of aromatic nitrogens is 3. The Balaban J connectivity index is 1.29. The lowest BCUT2D eigenvalue weighted by Crippen LogP contribution is -2.19. The Bertz CT molecular complexity index is 1330. The number of methoxy groups -OCH3 is 1. The number of carbonyl (C=O) groups excluding carboxylic acids is 1. The van der Waals surface area contributed by atoms with Crippen LogP contribution in [0.4, 0.5) is 0 Å². The van der Waals surface area contributed by atoms with Gasteiger partial charge in [-0.3, -0.25) is 4.79 Å². The zero-order chi connectivity index (χ0) is 22.6. The van der Waals surface area contributed by atoms with Gasteiger partial charge in [0.2, 0.25) is 5.88 Å². The molecule has 2 aromatic heterocycles. The van der Waals surface area contributed by atoms with Crippen LogP contribution in [0.15, 0.2) is 84.8 Å². The number of Topliss-reactive ketones (excluding diaryl/α,β-unsaturated/α-hetero) is 1. The fourth-order valence-electron chi connectivity index (χ4n) is 3.60. The number of ketones is 1. The van der Waals surface area contributed by atoms with Crippen molar-refractivity contribution in [2.75, 3.05) is 13.7 Å². The molecule has 0 saturated heterocycles. The second-order valence-corrected chi connectivity index (χ2v) is 7.46. The van der Waals surface area contributed by atoms with Gasteiger partial charge in [0, 0.05) is 35.2 Å². The molecule has 2 aromatic carbocycles. The summed E-state index contributed by atoms with van der Waals surface area (Å²) in [7, 11) is 1.55. The lowest BCUT2D eigenvalue weighted by Gasteiger charge is -2.20. The summed E-state index contributed by atoms with van der Waals surface area (Å²) in [4.78, 5) is 17.2. The van der Waals surface area contributed by atoms with E-state index >= 15 is 0 Å². The van der Waals surface area contributed by atoms with Crippen molar-refractivity contribution < 1.29 is 19.0 Å². The first-order valence-corrected chi connectivity index (χ1v) is 10.4. The highest BCUT2D eigenvalue weighted by atomic mass is 16.5. The Morgan fingerprint density at radius 3 is 2.85 bits per heavy atom. The third kappa shape index (κ3) is 4.34. The number of rotatable bonds is 6. The minimum atomic E-state index is -0.0853. The molecule has 33 heavy (non-hydrogen) atoms. The highest BCUT2D eigenvalue weighted by Crippen LogP contribution is 2.32. The van der Waals surface area contributed by atoms with Gasteiger partial charge in [0.1, 0.15) is 24.7 Å². The van der Waals surface area contributed by atoms with Crippen molar-refractivity contribution in [3.8, 4) is 23.1 Å². The fourth-order valence-corrected chi connectivity index (χ4v) is 3.60. The molecular weight excluding hydrogens is 418 g/mol. The zero-order valence-electron chi connectivity index (χ0n) is 18.0. The molecule has 0 atom stereocenters. The van der Waals surface area contributed by atoms with Gasteiger partial charge in [0.15, 0.2) is 5.78 Å². The molecule has 1 aliphatic heterocycles. The predicted molar refractivity (Wildman–Crippen MR) is 123 cm³/mol. The van der Waals surface area contributed by atoms with Crippen molar-refractivity contribution >= 4 is 11.9 Å². The van der Waals surface area contributed by atoms with Gasteiger partial charge in [-0.2, -0.15) is 5.10 Å². The summed E-state index contributed by atoms with van der Waals surface area (Å²) in [5.74, 6) is 1.50. The molecule has 0 amide bonds. The highest BCUT2D eigenvalue weighted by Gasteiger charge is 2.24. The van der Waals surface area contributed by atoms with E-state index in [1.54, 1.807) is 54.5 Å². The first kappa shape index (κ1) is 20.5. The van der Waals surface area contributed by atoms with Crippen molar-refractivity contribution in [2.24, 2.45) is 0 Å². The fraction of sp³-hybridized carbons (Fsp3) is 0.115. The molecule has 1 aliphatic rings. The topological polar surface area (TPSA) is 75.5 Å². The number of fused-ring (bicyclic) bond motifs is 1. The van der Waals surface area contributed by atoms with E-state index in [-0.39, 0.29) is 12.4 Å². The lowest BCUT2D eigenvalue weighted by atomic mass is 9.98. The molecule has 0 N–H and O–H groups in total. The Morgan fingerprint density at radius 2 is 2.00 bits per heavy atom. The molecule has 3 heterocycles. The number of carbonyl (C=O) groups is 1. The average Bonchev–Trinajstić information content (AvgIpc) is 3.34. The molecule has 164 valence electrons. The van der Waals surface area contributed by atoms with Crippen LogP contribution in [-0.2, 0) is 6.61 Å². The van der Waals surface area contributed by atoms with Crippen LogP contribution >= 0.6 is 0 Å². The van der Waals surface area contributed by atoms with Crippen molar-refractivity contribution in [1.82, 2.24) is 14.8 Å². The van der Waals surface area contributed by atoms with E-state index in [1.807, 2.05) is 42.6 Å². The third-order valence-corrected chi connectivity index (χ3v) is 5.26. The number of hydrogen-bond acceptors (Lipinski definition) is 6. The van der Waals surface area contributed by atoms with Crippen LogP contribution in [-0.4, -0.2) is 34.3 Å². The van der Waals surface area contributed by atoms with Crippen molar-refractivity contribution in [2.45, 2.75) is 6.61 Å². The highest BCUT2D eigenvalue weighted by molar-refractivity contribution is 6.14. The SMILES string of the molecule is COc1ncccc1/C=C1\COc2cc(OCc3cnn(-c4ccccc4)c3)ccc2C1=O. The molecule has 0 saturated carbocycles. The molecule has 0 unspecified atom stereocenters. The second kappa shape index (κ2) is 9.00. The smallest absolute Gasteiger partial charge is 0.220 e. The van der Waals surface area contributed by atoms with Crippen LogP contribution < -0.4 is 14.2 Å². The van der Waals surface area contributed by atoms with Gasteiger partial charge >= 0.3 is 0 Å². The molecule has 0 aliphatic carbocycles. The first-order chi connectivity index (χ1) is 16.2. The number of benzene rings is 2. The molecule has 0 fully saturated rings. The maximum Gasteiger partial charge on any atom is 0.220 e. The maximum absolute atomic E-state index is 13.0. The van der Waals surface area contributed by atoms with Crippen LogP contribution in [0.25, 0.3) is 11.8 Å². The molecular formula is C26H21N3O4. The van der Waals surface area contributed by atoms with Crippen LogP contribution in [0.1, 0.15) is 21.5 Å². The summed E-state index contributed by atoms with van der Waals surface area (Å²) in [6.45, 7) is 0.517. The summed E-state index contributed by atoms with van der Waals surface area (Å²) >= 11 is 0. The van der Waals surface area contributed by atoms with Crippen LogP contribution in [0.3, 0.4) is 0 Å². The van der Waals surface area contributed by atoms with Crippen LogP contribution in [0.5, 0.6) is 17.4 Å². The molecule has 7 heteroatoms. The monoisotopic (exact) mass is 439 g/mol. The lowest BCUT2D eigenvalue weighted by molar-refractivity contribution is 0.100. The Labute approximate surface area is 190 Å². The number of ether oxygens (including phenoxy) is 3. The van der Waals surface area contributed by atoms with Gasteiger partial charge in [-0.25, -0.2) is 9.67 Å². The van der Waals surface area contributed by atoms with E-state index < -0.39 is 0 Å². The summed E-state index contributed by atoms with van der Waals surface area (Å²) < 4.78 is 18.8. The average molecular weight is 439 g/mol. The summed E-state index contributed by atoms with van der Waals surface area (Å²) in [5, 5.41) is 4.38. The standard InChI is InChI=1S/C26H21N3O4/c1-31-26-19(6-5-11-27-26)12-20-17-33-24-13-22(9-10-23(24)25(20)30)32-16-18-14-28-29(15-18)21-7-3-2-4-8-21/h2-15H,16-17H2,1H3/b20-12+. The molecule has 7 nitrogen and oxygen atoms in total. The van der Waals surface area contributed by atoms with Crippen molar-refractivity contribution in [3.63, 3.8) is 0 Å². The molecule has 5 rings (SSSR count). The quantitative estimate of drug-likeness (QED) is 0.412. The number of nitrogens with zero attached hydrogens (tertiary/aromatic N) is 3. The van der Waals surface area contributed by atoms with Gasteiger partial charge < -0.3 is 14.2 Å². The van der Waals surface area contributed by atoms with Crippen molar-refractivity contribution in [3.05, 3.63) is 102 Å². The Hall–Kier alpha value is -4.39. The van der Waals surface area contributed by atoms with E-state index in [1.165, 1.54) is 0 Å². The van der Waals surface area contributed by atoms with E-state index in [0.717, 1.165) is 16.8 Å². The van der Waals surface area contributed by atoms with Gasteiger partial charge in [0.05, 0.1) is 24.6 Å². The van der Waals surface area contributed by atoms with E-state index in [2.05, 4.69) is 10.1 Å². The summed E-state index contributed by atoms with van der Waals surface area (Å²) in [6, 6.07) is 18.8. The minimum absolute atomic E-state index is 0.0853. The minimum Gasteiger partial charge on any atom is -0.489 e. The Kier molecular flexibility index (Phi) is 5.59. The molecule has 0 bridgehead atoms. The van der Waals surface area contributed by atoms with Gasteiger partial charge in [-0.15, -0.1) is 0 Å². The number of hydrogen-bond donors (Lipinski definition) is 0. The second-order valence-electron chi connectivity index (χ2n) is 7.46. The number of pyridine rings is 1. The first-order valence-electron chi connectivity index (χ1n) is 10.4. The normalized spacial score (nSPS) is 14.0. The maximum atomic E-state index is 13.0. The Morgan fingerprint density at radius 1 is 1.12 bits per heavy atom. The predicted octanol–water partition coefficient (Wildman–Crippen LogP) is 4.51. The molecule has 0 spiro atoms. The summed E-state index contributed by atoms with van der Waals surface area (Å²) in [6.07, 6.45) is 7.10. The van der Waals surface area contributed by atoms with Gasteiger partial charge in [-0.05, 0) is 42.5 Å². The van der Waals surface area contributed by atoms with Crippen molar-refractivity contribution in [1.29, 1.82) is 0 Å². The van der Waals surface area contributed by atoms with E-state index in [9.17, 15) is 4.79 Å². The van der Waals surface area contributed by atoms with Crippen LogP contribution in [0, 0.1) is 0 Å². The zero-order valence-corrected chi connectivity index (χ0v) is 18.0. The molecule has 4 aromatic rings. The molecule has 0 radical (unpaired) electrons. The summed E-state index contributed by atoms with van der Waals surface area (Å²) in [5.41, 5.74) is 3.68.